The van der Waals surface area contributed by atoms with E-state index in [1.54, 1.807) is 0 Å². The van der Waals surface area contributed by atoms with Gasteiger partial charge < -0.3 is 0 Å². The molecule has 0 heteroatoms. The third-order valence-electron chi connectivity index (χ3n) is 7.25. The van der Waals surface area contributed by atoms with Gasteiger partial charge >= 0.3 is 0 Å². The van der Waals surface area contributed by atoms with Gasteiger partial charge in [0.1, 0.15) is 0 Å². The van der Waals surface area contributed by atoms with Crippen molar-refractivity contribution in [2.24, 2.45) is 5.92 Å². The zero-order valence-electron chi connectivity index (χ0n) is 20.0. The van der Waals surface area contributed by atoms with E-state index in [9.17, 15) is 0 Å². The van der Waals surface area contributed by atoms with E-state index in [1.807, 2.05) is 0 Å². The molecule has 166 valence electrons. The van der Waals surface area contributed by atoms with E-state index in [1.165, 1.54) is 86.1 Å². The molecule has 3 aromatic carbocycles. The van der Waals surface area contributed by atoms with Crippen LogP contribution >= 0.6 is 0 Å². The van der Waals surface area contributed by atoms with E-state index >= 15 is 0 Å². The van der Waals surface area contributed by atoms with Gasteiger partial charge in [-0.15, -0.1) is 0 Å². The molecule has 32 heavy (non-hydrogen) atoms. The first kappa shape index (κ1) is 22.7. The minimum absolute atomic E-state index is 0.748. The summed E-state index contributed by atoms with van der Waals surface area (Å²) in [5.41, 5.74) is 5.16. The van der Waals surface area contributed by atoms with Crippen LogP contribution in [0.1, 0.15) is 99.8 Å². The average molecular weight is 423 g/mol. The van der Waals surface area contributed by atoms with Crippen LogP contribution in [0.25, 0.3) is 10.8 Å². The highest BCUT2D eigenvalue weighted by molar-refractivity contribution is 5.84. The smallest absolute Gasteiger partial charge is 0.0255 e. The molecule has 0 unspecified atom stereocenters. The lowest BCUT2D eigenvalue weighted by Crippen LogP contribution is -2.13. The second-order valence-electron chi connectivity index (χ2n) is 9.73. The maximum atomic E-state index is 3.38. The highest BCUT2D eigenvalue weighted by atomic mass is 14.3. The van der Waals surface area contributed by atoms with Crippen molar-refractivity contribution in [1.82, 2.24) is 0 Å². The molecule has 0 amide bonds. The Kier molecular flexibility index (Phi) is 8.06. The minimum Gasteiger partial charge on any atom is -0.0654 e. The normalized spacial score (nSPS) is 18.3. The predicted molar refractivity (Wildman–Crippen MR) is 139 cm³/mol. The largest absolute Gasteiger partial charge is 0.0654 e. The van der Waals surface area contributed by atoms with Crippen molar-refractivity contribution in [3.05, 3.63) is 82.9 Å². The number of rotatable bonds is 7. The van der Waals surface area contributed by atoms with Gasteiger partial charge in [0.05, 0.1) is 0 Å². The molecular weight excluding hydrogens is 384 g/mol. The van der Waals surface area contributed by atoms with Crippen LogP contribution in [0.3, 0.4) is 0 Å². The van der Waals surface area contributed by atoms with Gasteiger partial charge in [0.2, 0.25) is 0 Å². The summed E-state index contributed by atoms with van der Waals surface area (Å²) in [5.74, 6) is 8.47. The molecule has 0 spiro atoms. The number of hydrogen-bond acceptors (Lipinski definition) is 0. The van der Waals surface area contributed by atoms with E-state index in [-0.39, 0.29) is 0 Å². The Labute approximate surface area is 195 Å². The Bertz CT molecular complexity index is 1050. The molecule has 1 fully saturated rings. The summed E-state index contributed by atoms with van der Waals surface area (Å²) in [4.78, 5) is 0. The van der Waals surface area contributed by atoms with Crippen molar-refractivity contribution < 1.29 is 0 Å². The van der Waals surface area contributed by atoms with Gasteiger partial charge in [-0.1, -0.05) is 87.8 Å². The van der Waals surface area contributed by atoms with E-state index in [0.717, 1.165) is 23.0 Å². The summed E-state index contributed by atoms with van der Waals surface area (Å²) in [6.45, 7) is 4.57. The number of fused-ring (bicyclic) bond motifs is 1. The highest BCUT2D eigenvalue weighted by Gasteiger charge is 2.21. The molecule has 3 aromatic rings. The number of hydrogen-bond donors (Lipinski definition) is 0. The summed E-state index contributed by atoms with van der Waals surface area (Å²) in [6.07, 6.45) is 13.3. The fourth-order valence-electron chi connectivity index (χ4n) is 5.28. The lowest BCUT2D eigenvalue weighted by Gasteiger charge is -2.28. The molecule has 1 saturated carbocycles. The van der Waals surface area contributed by atoms with Crippen LogP contribution in [0, 0.1) is 17.8 Å². The van der Waals surface area contributed by atoms with Crippen LogP contribution in [-0.2, 0) is 6.42 Å². The van der Waals surface area contributed by atoms with Crippen LogP contribution in [0.15, 0.2) is 60.7 Å². The van der Waals surface area contributed by atoms with E-state index in [2.05, 4.69) is 86.4 Å². The Morgan fingerprint density at radius 1 is 0.688 bits per heavy atom. The zero-order valence-corrected chi connectivity index (χ0v) is 20.0. The van der Waals surface area contributed by atoms with Gasteiger partial charge in [-0.3, -0.25) is 0 Å². The maximum absolute atomic E-state index is 3.38. The monoisotopic (exact) mass is 422 g/mol. The number of aryl methyl sites for hydroxylation is 1. The van der Waals surface area contributed by atoms with Crippen molar-refractivity contribution in [3.63, 3.8) is 0 Å². The van der Waals surface area contributed by atoms with Gasteiger partial charge in [0, 0.05) is 11.1 Å². The number of benzene rings is 3. The van der Waals surface area contributed by atoms with Gasteiger partial charge in [0.15, 0.2) is 0 Å². The van der Waals surface area contributed by atoms with Crippen LogP contribution in [0.4, 0.5) is 0 Å². The van der Waals surface area contributed by atoms with Crippen LogP contribution < -0.4 is 0 Å². The quantitative estimate of drug-likeness (QED) is 0.263. The number of unbranched alkanes of at least 4 members (excludes halogenated alkanes) is 2. The molecule has 0 aliphatic heterocycles. The molecule has 0 nitrogen and oxygen atoms in total. The van der Waals surface area contributed by atoms with Crippen LogP contribution in [-0.4, -0.2) is 0 Å². The fraction of sp³-hybridized carbons (Fsp3) is 0.438. The van der Waals surface area contributed by atoms with Gasteiger partial charge in [0.25, 0.3) is 0 Å². The molecular formula is C32H38. The summed E-state index contributed by atoms with van der Waals surface area (Å²) in [6, 6.07) is 22.5. The maximum Gasteiger partial charge on any atom is 0.0255 e. The molecule has 0 saturated heterocycles. The van der Waals surface area contributed by atoms with Crippen molar-refractivity contribution in [1.29, 1.82) is 0 Å². The van der Waals surface area contributed by atoms with Gasteiger partial charge in [-0.25, -0.2) is 0 Å². The van der Waals surface area contributed by atoms with Gasteiger partial charge in [-0.05, 0) is 96.5 Å². The summed E-state index contributed by atoms with van der Waals surface area (Å²) >= 11 is 0. The minimum atomic E-state index is 0.748. The molecule has 4 rings (SSSR count). The summed E-state index contributed by atoms with van der Waals surface area (Å²) in [7, 11) is 0. The predicted octanol–water partition coefficient (Wildman–Crippen LogP) is 9.05. The second-order valence-corrected chi connectivity index (χ2v) is 9.73. The molecule has 1 aliphatic carbocycles. The molecule has 0 radical (unpaired) electrons. The first-order valence-electron chi connectivity index (χ1n) is 12.9. The molecule has 0 bridgehead atoms. The Hall–Kier alpha value is -2.52. The molecule has 0 aromatic heterocycles. The molecule has 0 heterocycles. The zero-order chi connectivity index (χ0) is 22.2. The third-order valence-corrected chi connectivity index (χ3v) is 7.25. The van der Waals surface area contributed by atoms with E-state index in [0.29, 0.717) is 0 Å². The highest BCUT2D eigenvalue weighted by Crippen LogP contribution is 2.37. The molecule has 1 aliphatic rings. The van der Waals surface area contributed by atoms with Crippen molar-refractivity contribution >= 4 is 10.8 Å². The second kappa shape index (κ2) is 11.4. The SMILES string of the molecule is CCCCCc1ccc2cc(C#Cc3ccc(C4CCC(CCC)CC4)cc3)ccc2c1. The third kappa shape index (κ3) is 6.04. The Morgan fingerprint density at radius 3 is 2.12 bits per heavy atom. The summed E-state index contributed by atoms with van der Waals surface area (Å²) < 4.78 is 0. The van der Waals surface area contributed by atoms with Crippen molar-refractivity contribution in [2.45, 2.75) is 84.0 Å². The van der Waals surface area contributed by atoms with Crippen LogP contribution in [0.5, 0.6) is 0 Å². The molecule has 0 N–H and O–H groups in total. The van der Waals surface area contributed by atoms with Gasteiger partial charge in [-0.2, -0.15) is 0 Å². The summed E-state index contributed by atoms with van der Waals surface area (Å²) in [5, 5.41) is 2.60. The molecule has 0 atom stereocenters. The van der Waals surface area contributed by atoms with E-state index in [4.69, 9.17) is 0 Å². The van der Waals surface area contributed by atoms with Crippen LogP contribution in [0.2, 0.25) is 0 Å². The first-order valence-corrected chi connectivity index (χ1v) is 12.9. The van der Waals surface area contributed by atoms with E-state index < -0.39 is 0 Å². The first-order chi connectivity index (χ1) is 15.7. The standard InChI is InChI=1S/C32H38/c1-3-5-6-8-27-15-21-32-24-28(16-22-31(32)23-27)10-9-26-13-19-30(20-14-26)29-17-11-25(7-4-2)12-18-29/h13-16,19-25,29H,3-8,11-12,17-18H2,1-2H3. The topological polar surface area (TPSA) is 0 Å². The lowest BCUT2D eigenvalue weighted by atomic mass is 9.77. The lowest BCUT2D eigenvalue weighted by molar-refractivity contribution is 0.308. The fourth-order valence-corrected chi connectivity index (χ4v) is 5.28. The van der Waals surface area contributed by atoms with Crippen molar-refractivity contribution in [3.8, 4) is 11.8 Å². The average Bonchev–Trinajstić information content (AvgIpc) is 2.84. The Morgan fingerprint density at radius 2 is 1.38 bits per heavy atom. The van der Waals surface area contributed by atoms with Crippen molar-refractivity contribution in [2.75, 3.05) is 0 Å². The Balaban J connectivity index is 1.39.